The molecule has 0 spiro atoms. The van der Waals surface area contributed by atoms with Gasteiger partial charge in [-0.25, -0.2) is 4.39 Å². The van der Waals surface area contributed by atoms with E-state index in [0.717, 1.165) is 24.0 Å². The Morgan fingerprint density at radius 1 is 1.38 bits per heavy atom. The normalized spacial score (nSPS) is 12.9. The highest BCUT2D eigenvalue weighted by molar-refractivity contribution is 5.25. The van der Waals surface area contributed by atoms with E-state index >= 15 is 0 Å². The molecule has 0 amide bonds. The molecule has 1 aromatic carbocycles. The van der Waals surface area contributed by atoms with Crippen LogP contribution in [-0.4, -0.2) is 0 Å². The Labute approximate surface area is 79.8 Å². The fraction of sp³-hybridized carbons (Fsp3) is 0.500. The zero-order chi connectivity index (χ0) is 9.84. The van der Waals surface area contributed by atoms with Crippen molar-refractivity contribution in [3.05, 3.63) is 35.1 Å². The van der Waals surface area contributed by atoms with Gasteiger partial charge in [-0.2, -0.15) is 0 Å². The molecule has 0 aliphatic carbocycles. The summed E-state index contributed by atoms with van der Waals surface area (Å²) in [5, 5.41) is 0. The topological polar surface area (TPSA) is 0 Å². The van der Waals surface area contributed by atoms with Crippen molar-refractivity contribution in [2.24, 2.45) is 0 Å². The zero-order valence-electron chi connectivity index (χ0n) is 8.60. The van der Waals surface area contributed by atoms with E-state index in [2.05, 4.69) is 13.8 Å². The second kappa shape index (κ2) is 4.40. The second-order valence-electron chi connectivity index (χ2n) is 3.71. The molecule has 1 atom stereocenters. The van der Waals surface area contributed by atoms with Gasteiger partial charge in [0.25, 0.3) is 0 Å². The van der Waals surface area contributed by atoms with Crippen LogP contribution in [0.2, 0.25) is 0 Å². The van der Waals surface area contributed by atoms with Crippen LogP contribution in [0.1, 0.15) is 43.7 Å². The smallest absolute Gasteiger partial charge is 0.126 e. The number of aryl methyl sites for hydroxylation is 1. The molecule has 1 unspecified atom stereocenters. The molecule has 0 heterocycles. The summed E-state index contributed by atoms with van der Waals surface area (Å²) in [6.07, 6.45) is 2.16. The number of halogens is 1. The van der Waals surface area contributed by atoms with Crippen molar-refractivity contribution in [2.75, 3.05) is 0 Å². The van der Waals surface area contributed by atoms with E-state index in [1.807, 2.05) is 19.1 Å². The minimum absolute atomic E-state index is 0.0547. The highest BCUT2D eigenvalue weighted by Crippen LogP contribution is 2.23. The lowest BCUT2D eigenvalue weighted by molar-refractivity contribution is 0.570. The van der Waals surface area contributed by atoms with Gasteiger partial charge in [-0.15, -0.1) is 0 Å². The first-order valence-corrected chi connectivity index (χ1v) is 4.91. The van der Waals surface area contributed by atoms with Crippen LogP contribution in [0.5, 0.6) is 0 Å². The summed E-state index contributed by atoms with van der Waals surface area (Å²) in [4.78, 5) is 0. The van der Waals surface area contributed by atoms with E-state index in [-0.39, 0.29) is 5.82 Å². The molecular weight excluding hydrogens is 163 g/mol. The van der Waals surface area contributed by atoms with Gasteiger partial charge in [0.2, 0.25) is 0 Å². The van der Waals surface area contributed by atoms with Gasteiger partial charge < -0.3 is 0 Å². The molecule has 1 rings (SSSR count). The summed E-state index contributed by atoms with van der Waals surface area (Å²) in [5.74, 6) is 0.284. The van der Waals surface area contributed by atoms with Crippen LogP contribution in [0.15, 0.2) is 18.2 Å². The maximum Gasteiger partial charge on any atom is 0.126 e. The maximum absolute atomic E-state index is 13.4. The highest BCUT2D eigenvalue weighted by Gasteiger charge is 2.09. The molecule has 0 saturated carbocycles. The SMILES string of the molecule is CCCC(C)c1ccc(C)cc1F. The first-order chi connectivity index (χ1) is 6.15. The largest absolute Gasteiger partial charge is 0.207 e. The average Bonchev–Trinajstić information content (AvgIpc) is 2.04. The lowest BCUT2D eigenvalue weighted by atomic mass is 9.95. The van der Waals surface area contributed by atoms with Crippen LogP contribution >= 0.6 is 0 Å². The van der Waals surface area contributed by atoms with Crippen molar-refractivity contribution in [3.63, 3.8) is 0 Å². The van der Waals surface area contributed by atoms with Gasteiger partial charge in [-0.1, -0.05) is 32.4 Å². The first-order valence-electron chi connectivity index (χ1n) is 4.91. The Kier molecular flexibility index (Phi) is 3.47. The third-order valence-electron chi connectivity index (χ3n) is 2.41. The lowest BCUT2D eigenvalue weighted by Crippen LogP contribution is -1.97. The van der Waals surface area contributed by atoms with E-state index in [0.29, 0.717) is 5.92 Å². The van der Waals surface area contributed by atoms with Gasteiger partial charge in [0.1, 0.15) is 5.82 Å². The highest BCUT2D eigenvalue weighted by atomic mass is 19.1. The third-order valence-corrected chi connectivity index (χ3v) is 2.41. The van der Waals surface area contributed by atoms with Gasteiger partial charge in [0.15, 0.2) is 0 Å². The zero-order valence-corrected chi connectivity index (χ0v) is 8.60. The number of rotatable bonds is 3. The van der Waals surface area contributed by atoms with Gasteiger partial charge in [-0.3, -0.25) is 0 Å². The van der Waals surface area contributed by atoms with Crippen molar-refractivity contribution in [1.82, 2.24) is 0 Å². The van der Waals surface area contributed by atoms with Gasteiger partial charge in [0, 0.05) is 0 Å². The monoisotopic (exact) mass is 180 g/mol. The molecule has 13 heavy (non-hydrogen) atoms. The van der Waals surface area contributed by atoms with Crippen molar-refractivity contribution in [2.45, 2.75) is 39.5 Å². The molecular formula is C12H17F. The Morgan fingerprint density at radius 2 is 2.08 bits per heavy atom. The molecule has 0 radical (unpaired) electrons. The molecule has 0 N–H and O–H groups in total. The number of benzene rings is 1. The van der Waals surface area contributed by atoms with Gasteiger partial charge >= 0.3 is 0 Å². The van der Waals surface area contributed by atoms with Crippen molar-refractivity contribution < 1.29 is 4.39 Å². The fourth-order valence-electron chi connectivity index (χ4n) is 1.62. The van der Waals surface area contributed by atoms with Crippen molar-refractivity contribution in [1.29, 1.82) is 0 Å². The quantitative estimate of drug-likeness (QED) is 0.658. The van der Waals surface area contributed by atoms with E-state index in [1.54, 1.807) is 6.07 Å². The molecule has 0 aromatic heterocycles. The van der Waals surface area contributed by atoms with Crippen LogP contribution in [-0.2, 0) is 0 Å². The summed E-state index contributed by atoms with van der Waals surface area (Å²) in [7, 11) is 0. The predicted octanol–water partition coefficient (Wildman–Crippen LogP) is 4.04. The fourth-order valence-corrected chi connectivity index (χ4v) is 1.62. The standard InChI is InChI=1S/C12H17F/c1-4-5-10(3)11-7-6-9(2)8-12(11)13/h6-8,10H,4-5H2,1-3H3. The Bertz CT molecular complexity index is 278. The lowest BCUT2D eigenvalue weighted by Gasteiger charge is -2.11. The van der Waals surface area contributed by atoms with Crippen LogP contribution in [0, 0.1) is 12.7 Å². The average molecular weight is 180 g/mol. The molecule has 0 saturated heterocycles. The van der Waals surface area contributed by atoms with Crippen LogP contribution in [0.25, 0.3) is 0 Å². The molecule has 1 aromatic rings. The molecule has 1 heteroatoms. The minimum atomic E-state index is -0.0547. The maximum atomic E-state index is 13.4. The van der Waals surface area contributed by atoms with Gasteiger partial charge in [-0.05, 0) is 36.5 Å². The number of hydrogen-bond acceptors (Lipinski definition) is 0. The van der Waals surface area contributed by atoms with E-state index in [4.69, 9.17) is 0 Å². The Balaban J connectivity index is 2.88. The van der Waals surface area contributed by atoms with E-state index in [1.165, 1.54) is 0 Å². The Hall–Kier alpha value is -0.850. The summed E-state index contributed by atoms with van der Waals surface area (Å²) >= 11 is 0. The van der Waals surface area contributed by atoms with E-state index in [9.17, 15) is 4.39 Å². The summed E-state index contributed by atoms with van der Waals surface area (Å²) < 4.78 is 13.4. The molecule has 0 nitrogen and oxygen atoms in total. The molecule has 0 aliphatic heterocycles. The van der Waals surface area contributed by atoms with Crippen molar-refractivity contribution >= 4 is 0 Å². The summed E-state index contributed by atoms with van der Waals surface area (Å²) in [5.41, 5.74) is 1.84. The van der Waals surface area contributed by atoms with Crippen molar-refractivity contribution in [3.8, 4) is 0 Å². The third kappa shape index (κ3) is 2.55. The van der Waals surface area contributed by atoms with Crippen LogP contribution in [0.4, 0.5) is 4.39 Å². The molecule has 0 fully saturated rings. The molecule has 72 valence electrons. The summed E-state index contributed by atoms with van der Waals surface area (Å²) in [6, 6.07) is 5.50. The van der Waals surface area contributed by atoms with E-state index < -0.39 is 0 Å². The number of hydrogen-bond donors (Lipinski definition) is 0. The second-order valence-corrected chi connectivity index (χ2v) is 3.71. The first kappa shape index (κ1) is 10.2. The van der Waals surface area contributed by atoms with Crippen LogP contribution in [0.3, 0.4) is 0 Å². The predicted molar refractivity (Wildman–Crippen MR) is 54.5 cm³/mol. The molecule has 0 bridgehead atoms. The Morgan fingerprint density at radius 3 is 2.62 bits per heavy atom. The molecule has 0 aliphatic rings. The van der Waals surface area contributed by atoms with Crippen LogP contribution < -0.4 is 0 Å². The summed E-state index contributed by atoms with van der Waals surface area (Å²) in [6.45, 7) is 6.12. The van der Waals surface area contributed by atoms with Gasteiger partial charge in [0.05, 0.1) is 0 Å². The minimum Gasteiger partial charge on any atom is -0.207 e.